The van der Waals surface area contributed by atoms with E-state index in [1.807, 2.05) is 43.3 Å². The lowest BCUT2D eigenvalue weighted by Gasteiger charge is -2.21. The Kier molecular flexibility index (Phi) is 11.4. The van der Waals surface area contributed by atoms with Crippen LogP contribution < -0.4 is 10.2 Å². The van der Waals surface area contributed by atoms with Gasteiger partial charge in [-0.05, 0) is 66.6 Å². The first kappa shape index (κ1) is 35.2. The summed E-state index contributed by atoms with van der Waals surface area (Å²) in [5, 5.41) is 3.96. The highest BCUT2D eigenvalue weighted by Gasteiger charge is 2.28. The van der Waals surface area contributed by atoms with E-state index >= 15 is 0 Å². The molecule has 254 valence electrons. The number of carbonyl (C=O) groups is 1. The van der Waals surface area contributed by atoms with Gasteiger partial charge in [0.25, 0.3) is 5.91 Å². The van der Waals surface area contributed by atoms with Crippen LogP contribution in [0.15, 0.2) is 141 Å². The van der Waals surface area contributed by atoms with Crippen LogP contribution in [-0.2, 0) is 44.5 Å². The van der Waals surface area contributed by atoms with Crippen LogP contribution >= 0.6 is 0 Å². The first-order chi connectivity index (χ1) is 23.5. The Morgan fingerprint density at radius 1 is 0.714 bits per heavy atom. The predicted molar refractivity (Wildman–Crippen MR) is 186 cm³/mol. The molecule has 0 radical (unpaired) electrons. The maximum atomic E-state index is 13.7. The van der Waals surface area contributed by atoms with Crippen molar-refractivity contribution in [2.24, 2.45) is 5.10 Å². The molecule has 0 saturated carbocycles. The number of hydrazone groups is 1. The predicted octanol–water partition coefficient (Wildman–Crippen LogP) is 5.33. The largest absolute Gasteiger partial charge is 0.497 e. The highest BCUT2D eigenvalue weighted by atomic mass is 32.2. The maximum absolute atomic E-state index is 13.7. The molecule has 1 heterocycles. The summed E-state index contributed by atoms with van der Waals surface area (Å²) in [5.74, 6) is 0.446. The lowest BCUT2D eigenvalue weighted by atomic mass is 10.2. The zero-order chi connectivity index (χ0) is 34.9. The third-order valence-electron chi connectivity index (χ3n) is 7.48. The summed E-state index contributed by atoms with van der Waals surface area (Å²) in [6.07, 6.45) is 1.26. The highest BCUT2D eigenvalue weighted by Crippen LogP contribution is 2.23. The number of amides is 1. The Labute approximate surface area is 286 Å². The van der Waals surface area contributed by atoms with Gasteiger partial charge in [-0.1, -0.05) is 78.4 Å². The number of carbonyl (C=O) groups excluding carboxylic acids is 1. The van der Waals surface area contributed by atoms with E-state index in [-0.39, 0.29) is 35.2 Å². The van der Waals surface area contributed by atoms with Crippen LogP contribution in [0.4, 0.5) is 0 Å². The van der Waals surface area contributed by atoms with Gasteiger partial charge in [-0.15, -0.1) is 0 Å². The van der Waals surface area contributed by atoms with Crippen LogP contribution in [0.5, 0.6) is 5.75 Å². The molecule has 0 fully saturated rings. The summed E-state index contributed by atoms with van der Waals surface area (Å²) in [5.41, 5.74) is 4.81. The number of nitrogens with one attached hydrogen (secondary N) is 1. The van der Waals surface area contributed by atoms with Crippen molar-refractivity contribution in [2.45, 2.75) is 36.3 Å². The maximum Gasteiger partial charge on any atom is 0.255 e. The van der Waals surface area contributed by atoms with Crippen LogP contribution in [0.2, 0.25) is 0 Å². The molecule has 1 amide bonds. The van der Waals surface area contributed by atoms with Crippen molar-refractivity contribution >= 4 is 32.2 Å². The van der Waals surface area contributed by atoms with Gasteiger partial charge in [-0.25, -0.2) is 22.3 Å². The lowest BCUT2D eigenvalue weighted by Crippen LogP contribution is -2.39. The topological polar surface area (TPSA) is 139 Å². The van der Waals surface area contributed by atoms with Crippen LogP contribution in [0.1, 0.15) is 28.2 Å². The molecule has 1 N–H and O–H groups in total. The number of rotatable bonds is 15. The molecular formula is C36H36N4O7S2. The minimum absolute atomic E-state index is 0.00866. The number of sulfonamides is 2. The van der Waals surface area contributed by atoms with E-state index in [0.29, 0.717) is 17.1 Å². The number of hydrogen-bond acceptors (Lipinski definition) is 8. The fourth-order valence-electron chi connectivity index (χ4n) is 4.87. The van der Waals surface area contributed by atoms with E-state index in [9.17, 15) is 21.6 Å². The van der Waals surface area contributed by atoms with Crippen molar-refractivity contribution in [1.82, 2.24) is 14.0 Å². The van der Waals surface area contributed by atoms with Gasteiger partial charge in [0, 0.05) is 13.1 Å². The molecule has 0 spiro atoms. The van der Waals surface area contributed by atoms with Gasteiger partial charge in [0.15, 0.2) is 0 Å². The summed E-state index contributed by atoms with van der Waals surface area (Å²) < 4.78 is 67.8. The van der Waals surface area contributed by atoms with Gasteiger partial charge < -0.3 is 9.15 Å². The molecule has 1 aromatic heterocycles. The molecule has 49 heavy (non-hydrogen) atoms. The van der Waals surface area contributed by atoms with E-state index in [2.05, 4.69) is 10.5 Å². The van der Waals surface area contributed by atoms with Crippen LogP contribution in [0, 0.1) is 6.92 Å². The van der Waals surface area contributed by atoms with Crippen LogP contribution in [0.25, 0.3) is 0 Å². The zero-order valence-corrected chi connectivity index (χ0v) is 28.6. The van der Waals surface area contributed by atoms with Gasteiger partial charge in [0.1, 0.15) is 17.3 Å². The molecule has 0 unspecified atom stereocenters. The number of ether oxygens (including phenoxy) is 1. The minimum Gasteiger partial charge on any atom is -0.497 e. The Hall–Kier alpha value is -5.08. The molecule has 11 nitrogen and oxygen atoms in total. The third kappa shape index (κ3) is 9.30. The second kappa shape index (κ2) is 15.9. The van der Waals surface area contributed by atoms with Gasteiger partial charge >= 0.3 is 0 Å². The number of hydrogen-bond donors (Lipinski definition) is 1. The van der Waals surface area contributed by atoms with Crippen molar-refractivity contribution < 1.29 is 30.8 Å². The van der Waals surface area contributed by atoms with Gasteiger partial charge in [0.2, 0.25) is 20.0 Å². The van der Waals surface area contributed by atoms with Crippen molar-refractivity contribution in [1.29, 1.82) is 0 Å². The van der Waals surface area contributed by atoms with E-state index in [4.69, 9.17) is 9.15 Å². The number of aryl methyl sites for hydroxylation is 1. The van der Waals surface area contributed by atoms with Crippen molar-refractivity contribution in [2.75, 3.05) is 13.7 Å². The number of nitrogens with zero attached hydrogens (tertiary/aromatic N) is 3. The molecule has 0 atom stereocenters. The van der Waals surface area contributed by atoms with Crippen LogP contribution in [0.3, 0.4) is 0 Å². The van der Waals surface area contributed by atoms with E-state index in [1.165, 1.54) is 41.9 Å². The van der Waals surface area contributed by atoms with E-state index in [0.717, 1.165) is 15.4 Å². The van der Waals surface area contributed by atoms with Gasteiger partial charge in [-0.3, -0.25) is 4.79 Å². The Balaban J connectivity index is 1.28. The van der Waals surface area contributed by atoms with Crippen molar-refractivity contribution in [3.05, 3.63) is 150 Å². The standard InChI is InChI=1S/C36H36N4O7S2/c1-28-13-19-34(20-14-28)48(42,43)39(24-29-9-5-3-6-10-29)26-33-16-15-32(47-33)23-37-38-36(41)27-40(25-30-11-7-4-8-12-30)49(44,45)35-21-17-31(46-2)18-22-35/h3-23H,24-27H2,1-2H3,(H,38,41)/b37-23-. The Morgan fingerprint density at radius 2 is 1.24 bits per heavy atom. The molecule has 4 aromatic carbocycles. The lowest BCUT2D eigenvalue weighted by molar-refractivity contribution is -0.121. The van der Waals surface area contributed by atoms with Crippen LogP contribution in [-0.4, -0.2) is 51.2 Å². The van der Waals surface area contributed by atoms with E-state index < -0.39 is 32.5 Å². The fourth-order valence-corrected chi connectivity index (χ4v) is 7.65. The summed E-state index contributed by atoms with van der Waals surface area (Å²) >= 11 is 0. The van der Waals surface area contributed by atoms with Crippen molar-refractivity contribution in [3.8, 4) is 5.75 Å². The average Bonchev–Trinajstić information content (AvgIpc) is 3.56. The first-order valence-corrected chi connectivity index (χ1v) is 18.1. The summed E-state index contributed by atoms with van der Waals surface area (Å²) in [7, 11) is -6.47. The molecule has 0 aliphatic rings. The molecule has 0 bridgehead atoms. The quantitative estimate of drug-likeness (QED) is 0.115. The SMILES string of the molecule is COc1ccc(S(=O)(=O)N(CC(=O)N/N=C\c2ccc(CN(Cc3ccccc3)S(=O)(=O)c3ccc(C)cc3)o2)Cc2ccccc2)cc1. The second-order valence-electron chi connectivity index (χ2n) is 11.1. The average molecular weight is 701 g/mol. The molecule has 0 saturated heterocycles. The number of methoxy groups -OCH3 is 1. The first-order valence-electron chi connectivity index (χ1n) is 15.2. The highest BCUT2D eigenvalue weighted by molar-refractivity contribution is 7.89. The molecule has 13 heteroatoms. The molecule has 5 rings (SSSR count). The smallest absolute Gasteiger partial charge is 0.255 e. The zero-order valence-electron chi connectivity index (χ0n) is 27.0. The van der Waals surface area contributed by atoms with Crippen molar-refractivity contribution in [3.63, 3.8) is 0 Å². The summed E-state index contributed by atoms with van der Waals surface area (Å²) in [6.45, 7) is 1.41. The molecular weight excluding hydrogens is 665 g/mol. The second-order valence-corrected chi connectivity index (χ2v) is 15.0. The normalized spacial score (nSPS) is 12.1. The van der Waals surface area contributed by atoms with E-state index in [1.54, 1.807) is 60.7 Å². The monoisotopic (exact) mass is 700 g/mol. The Bertz CT molecular complexity index is 2080. The molecule has 0 aliphatic heterocycles. The number of benzene rings is 4. The fraction of sp³-hybridized carbons (Fsp3) is 0.167. The summed E-state index contributed by atoms with van der Waals surface area (Å²) in [4.78, 5) is 13.1. The molecule has 0 aliphatic carbocycles. The van der Waals surface area contributed by atoms with Gasteiger partial charge in [0.05, 0.1) is 36.2 Å². The Morgan fingerprint density at radius 3 is 1.82 bits per heavy atom. The minimum atomic E-state index is -4.07. The number of furan rings is 1. The third-order valence-corrected chi connectivity index (χ3v) is 11.1. The summed E-state index contributed by atoms with van der Waals surface area (Å²) in [6, 6.07) is 34.0. The van der Waals surface area contributed by atoms with Gasteiger partial charge in [-0.2, -0.15) is 13.7 Å². The molecule has 5 aromatic rings.